The van der Waals surface area contributed by atoms with Gasteiger partial charge in [-0.2, -0.15) is 13.2 Å². The Morgan fingerprint density at radius 3 is 2.33 bits per heavy atom. The highest BCUT2D eigenvalue weighted by Crippen LogP contribution is 2.15. The largest absolute Gasteiger partial charge is 0.411 e. The van der Waals surface area contributed by atoms with Crippen LogP contribution in [0.3, 0.4) is 0 Å². The van der Waals surface area contributed by atoms with Gasteiger partial charge >= 0.3 is 6.18 Å². The summed E-state index contributed by atoms with van der Waals surface area (Å²) in [5.74, 6) is 0. The molecule has 1 unspecified atom stereocenters. The second kappa shape index (κ2) is 6.30. The lowest BCUT2D eigenvalue weighted by Gasteiger charge is -2.23. The molecule has 92 valence electrons. The first kappa shape index (κ1) is 14.7. The molecule has 0 aromatic carbocycles. The van der Waals surface area contributed by atoms with Crippen LogP contribution in [-0.4, -0.2) is 43.2 Å². The Bertz CT molecular complexity index is 171. The van der Waals surface area contributed by atoms with Crippen molar-refractivity contribution >= 4 is 0 Å². The fourth-order valence-corrected chi connectivity index (χ4v) is 0.972. The molecule has 2 N–H and O–H groups in total. The minimum Gasteiger partial charge on any atom is -0.386 e. The highest BCUT2D eigenvalue weighted by atomic mass is 19.4. The lowest BCUT2D eigenvalue weighted by molar-refractivity contribution is -0.185. The van der Waals surface area contributed by atoms with Crippen molar-refractivity contribution in [1.82, 2.24) is 5.32 Å². The van der Waals surface area contributed by atoms with E-state index < -0.39 is 18.4 Å². The summed E-state index contributed by atoms with van der Waals surface area (Å²) in [5.41, 5.74) is -1.26. The molecule has 0 bridgehead atoms. The van der Waals surface area contributed by atoms with E-state index in [1.165, 1.54) is 6.92 Å². The molecule has 0 spiro atoms. The van der Waals surface area contributed by atoms with Crippen molar-refractivity contribution in [1.29, 1.82) is 0 Å². The third kappa shape index (κ3) is 9.96. The number of alkyl halides is 3. The predicted molar refractivity (Wildman–Crippen MR) is 50.7 cm³/mol. The third-order valence-corrected chi connectivity index (χ3v) is 1.61. The van der Waals surface area contributed by atoms with E-state index in [0.29, 0.717) is 0 Å². The van der Waals surface area contributed by atoms with Gasteiger partial charge in [0.15, 0.2) is 0 Å². The summed E-state index contributed by atoms with van der Waals surface area (Å²) in [6.45, 7) is 2.68. The van der Waals surface area contributed by atoms with Crippen molar-refractivity contribution < 1.29 is 23.0 Å². The van der Waals surface area contributed by atoms with Gasteiger partial charge in [0.1, 0.15) is 6.61 Å². The van der Waals surface area contributed by atoms with Crippen LogP contribution in [0.1, 0.15) is 20.3 Å². The van der Waals surface area contributed by atoms with Crippen LogP contribution in [0.4, 0.5) is 13.2 Å². The summed E-state index contributed by atoms with van der Waals surface area (Å²) in [4.78, 5) is 0. The number of hydrogen-bond donors (Lipinski definition) is 2. The van der Waals surface area contributed by atoms with Crippen molar-refractivity contribution in [3.05, 3.63) is 0 Å². The summed E-state index contributed by atoms with van der Waals surface area (Å²) >= 11 is 0. The zero-order valence-corrected chi connectivity index (χ0v) is 9.02. The molecular formula is C9H18F3NO2. The van der Waals surface area contributed by atoms with Gasteiger partial charge in [-0.15, -0.1) is 0 Å². The fraction of sp³-hybridized carbons (Fsp3) is 1.00. The second-order valence-corrected chi connectivity index (χ2v) is 3.78. The molecule has 0 aliphatic heterocycles. The van der Waals surface area contributed by atoms with Crippen LogP contribution >= 0.6 is 0 Å². The van der Waals surface area contributed by atoms with Gasteiger partial charge in [-0.3, -0.25) is 0 Å². The molecule has 0 aliphatic rings. The first-order chi connectivity index (χ1) is 6.77. The van der Waals surface area contributed by atoms with E-state index in [4.69, 9.17) is 0 Å². The lowest BCUT2D eigenvalue weighted by atomic mass is 10.1. The van der Waals surface area contributed by atoms with Crippen LogP contribution in [0.25, 0.3) is 0 Å². The van der Waals surface area contributed by atoms with Crippen molar-refractivity contribution in [2.45, 2.75) is 32.0 Å². The maximum Gasteiger partial charge on any atom is 0.411 e. The number of hydrogen-bond acceptors (Lipinski definition) is 3. The molecule has 0 saturated heterocycles. The van der Waals surface area contributed by atoms with E-state index in [9.17, 15) is 18.3 Å². The molecule has 0 rings (SSSR count). The first-order valence-electron chi connectivity index (χ1n) is 4.84. The summed E-state index contributed by atoms with van der Waals surface area (Å²) in [6, 6.07) is 0. The molecule has 1 atom stereocenters. The number of ether oxygens (including phenoxy) is 1. The number of aliphatic hydroxyl groups is 1. The topological polar surface area (TPSA) is 41.5 Å². The van der Waals surface area contributed by atoms with Crippen LogP contribution in [-0.2, 0) is 4.74 Å². The summed E-state index contributed by atoms with van der Waals surface area (Å²) in [5, 5.41) is 12.5. The minimum absolute atomic E-state index is 0.221. The second-order valence-electron chi connectivity index (χ2n) is 3.78. The molecule has 0 aliphatic carbocycles. The van der Waals surface area contributed by atoms with Crippen molar-refractivity contribution in [2.75, 3.05) is 26.3 Å². The van der Waals surface area contributed by atoms with Crippen LogP contribution in [0.15, 0.2) is 0 Å². The smallest absolute Gasteiger partial charge is 0.386 e. The van der Waals surface area contributed by atoms with Crippen LogP contribution in [0.2, 0.25) is 0 Å². The van der Waals surface area contributed by atoms with E-state index in [1.54, 1.807) is 0 Å². The van der Waals surface area contributed by atoms with Gasteiger partial charge in [0, 0.05) is 6.54 Å². The van der Waals surface area contributed by atoms with Crippen LogP contribution < -0.4 is 5.32 Å². The highest BCUT2D eigenvalue weighted by molar-refractivity contribution is 4.74. The maximum absolute atomic E-state index is 11.7. The lowest BCUT2D eigenvalue weighted by Crippen LogP contribution is -2.42. The Labute approximate surface area is 87.6 Å². The van der Waals surface area contributed by atoms with Gasteiger partial charge in [0.05, 0.1) is 12.2 Å². The van der Waals surface area contributed by atoms with Gasteiger partial charge < -0.3 is 15.2 Å². The normalized spacial score (nSPS) is 16.4. The standard InChI is InChI=1S/C9H18F3NO2/c1-3-4-13-5-8(2,14)6-15-7-9(10,11)12/h13-14H,3-7H2,1-2H3. The van der Waals surface area contributed by atoms with E-state index in [1.807, 2.05) is 6.92 Å². The Morgan fingerprint density at radius 2 is 1.87 bits per heavy atom. The highest BCUT2D eigenvalue weighted by Gasteiger charge is 2.29. The van der Waals surface area contributed by atoms with Crippen molar-refractivity contribution in [2.24, 2.45) is 0 Å². The predicted octanol–water partition coefficient (Wildman–Crippen LogP) is 1.32. The Morgan fingerprint density at radius 1 is 1.27 bits per heavy atom. The minimum atomic E-state index is -4.34. The van der Waals surface area contributed by atoms with Gasteiger partial charge in [-0.25, -0.2) is 0 Å². The van der Waals surface area contributed by atoms with Crippen molar-refractivity contribution in [3.8, 4) is 0 Å². The van der Waals surface area contributed by atoms with Crippen LogP contribution in [0.5, 0.6) is 0 Å². The van der Waals surface area contributed by atoms with Gasteiger partial charge in [0.25, 0.3) is 0 Å². The first-order valence-corrected chi connectivity index (χ1v) is 4.84. The van der Waals surface area contributed by atoms with E-state index >= 15 is 0 Å². The maximum atomic E-state index is 11.7. The molecule has 6 heteroatoms. The molecule has 0 aromatic heterocycles. The molecule has 0 amide bonds. The quantitative estimate of drug-likeness (QED) is 0.647. The Hall–Kier alpha value is -0.330. The van der Waals surface area contributed by atoms with Crippen molar-refractivity contribution in [3.63, 3.8) is 0 Å². The zero-order valence-electron chi connectivity index (χ0n) is 9.02. The molecule has 3 nitrogen and oxygen atoms in total. The zero-order chi connectivity index (χ0) is 11.9. The number of rotatable bonds is 7. The monoisotopic (exact) mass is 229 g/mol. The molecule has 0 saturated carbocycles. The van der Waals surface area contributed by atoms with E-state index in [0.717, 1.165) is 13.0 Å². The number of halogens is 3. The Kier molecular flexibility index (Phi) is 6.16. The Balaban J connectivity index is 3.64. The number of nitrogens with one attached hydrogen (secondary N) is 1. The average molecular weight is 229 g/mol. The van der Waals surface area contributed by atoms with Gasteiger partial charge in [-0.1, -0.05) is 6.92 Å². The summed E-state index contributed by atoms with van der Waals surface area (Å²) in [6.07, 6.45) is -3.44. The molecular weight excluding hydrogens is 211 g/mol. The van der Waals surface area contributed by atoms with E-state index in [2.05, 4.69) is 10.1 Å². The van der Waals surface area contributed by atoms with E-state index in [-0.39, 0.29) is 13.2 Å². The fourth-order valence-electron chi connectivity index (χ4n) is 0.972. The molecule has 15 heavy (non-hydrogen) atoms. The molecule has 0 radical (unpaired) electrons. The summed E-state index contributed by atoms with van der Waals surface area (Å²) in [7, 11) is 0. The summed E-state index contributed by atoms with van der Waals surface area (Å²) < 4.78 is 39.5. The molecule has 0 aromatic rings. The van der Waals surface area contributed by atoms with Gasteiger partial charge in [0.2, 0.25) is 0 Å². The average Bonchev–Trinajstić information content (AvgIpc) is 2.01. The third-order valence-electron chi connectivity index (χ3n) is 1.61. The van der Waals surface area contributed by atoms with Gasteiger partial charge in [-0.05, 0) is 19.9 Å². The molecule has 0 heterocycles. The van der Waals surface area contributed by atoms with Crippen LogP contribution in [0, 0.1) is 0 Å². The SMILES string of the molecule is CCCNCC(C)(O)COCC(F)(F)F. The molecule has 0 fully saturated rings.